The van der Waals surface area contributed by atoms with Crippen molar-refractivity contribution in [3.8, 4) is 6.07 Å². The number of hydrogen-bond donors (Lipinski definition) is 0. The van der Waals surface area contributed by atoms with Crippen molar-refractivity contribution in [2.24, 2.45) is 0 Å². The van der Waals surface area contributed by atoms with E-state index in [0.29, 0.717) is 5.56 Å². The van der Waals surface area contributed by atoms with Crippen LogP contribution in [-0.2, 0) is 6.54 Å². The van der Waals surface area contributed by atoms with Gasteiger partial charge in [0.2, 0.25) is 0 Å². The molecule has 0 saturated carbocycles. The molecule has 1 heterocycles. The van der Waals surface area contributed by atoms with Crippen molar-refractivity contribution in [2.45, 2.75) is 6.54 Å². The second kappa shape index (κ2) is 4.30. The monoisotopic (exact) mass is 211 g/mol. The summed E-state index contributed by atoms with van der Waals surface area (Å²) in [7, 11) is 4.06. The molecule has 0 aliphatic rings. The minimum atomic E-state index is 0.606. The van der Waals surface area contributed by atoms with E-state index in [2.05, 4.69) is 22.0 Å². The molecule has 0 aliphatic heterocycles. The van der Waals surface area contributed by atoms with Crippen LogP contribution in [0.4, 0.5) is 0 Å². The largest absolute Gasteiger partial charge is 0.305 e. The number of rotatable bonds is 2. The molecule has 0 unspecified atom stereocenters. The second-order valence-corrected chi connectivity index (χ2v) is 4.06. The van der Waals surface area contributed by atoms with E-state index in [9.17, 15) is 0 Å². The molecular formula is C13H13N3. The molecule has 0 bridgehead atoms. The summed E-state index contributed by atoms with van der Waals surface area (Å²) in [6.07, 6.45) is 1.63. The maximum Gasteiger partial charge on any atom is 0.101 e. The van der Waals surface area contributed by atoms with Gasteiger partial charge in [0.05, 0.1) is 11.1 Å². The second-order valence-electron chi connectivity index (χ2n) is 4.06. The number of aromatic nitrogens is 1. The van der Waals surface area contributed by atoms with Gasteiger partial charge >= 0.3 is 0 Å². The molecule has 16 heavy (non-hydrogen) atoms. The maximum absolute atomic E-state index is 8.81. The highest BCUT2D eigenvalue weighted by Crippen LogP contribution is 2.18. The third-order valence-corrected chi connectivity index (χ3v) is 2.41. The number of nitrogens with zero attached hydrogens (tertiary/aromatic N) is 3. The number of fused-ring (bicyclic) bond motifs is 1. The Morgan fingerprint density at radius 2 is 2.19 bits per heavy atom. The van der Waals surface area contributed by atoms with E-state index in [4.69, 9.17) is 5.26 Å². The molecule has 2 aromatic rings. The fourth-order valence-electron chi connectivity index (χ4n) is 1.75. The topological polar surface area (TPSA) is 39.9 Å². The molecule has 0 spiro atoms. The minimum absolute atomic E-state index is 0.606. The predicted molar refractivity (Wildman–Crippen MR) is 63.8 cm³/mol. The molecule has 0 amide bonds. The number of hydrogen-bond acceptors (Lipinski definition) is 3. The van der Waals surface area contributed by atoms with Crippen molar-refractivity contribution >= 4 is 10.9 Å². The van der Waals surface area contributed by atoms with E-state index in [1.54, 1.807) is 6.20 Å². The number of pyridine rings is 1. The first-order valence-electron chi connectivity index (χ1n) is 5.13. The Hall–Kier alpha value is -1.92. The van der Waals surface area contributed by atoms with E-state index in [1.165, 1.54) is 5.56 Å². The van der Waals surface area contributed by atoms with Crippen LogP contribution >= 0.6 is 0 Å². The van der Waals surface area contributed by atoms with E-state index < -0.39 is 0 Å². The molecule has 2 rings (SSSR count). The summed E-state index contributed by atoms with van der Waals surface area (Å²) >= 11 is 0. The molecule has 0 radical (unpaired) electrons. The number of nitriles is 1. The standard InChI is InChI=1S/C13H13N3/c1-16(2)9-12-5-3-4-11-6-10(7-14)8-15-13(11)12/h3-6,8H,9H2,1-2H3. The lowest BCUT2D eigenvalue weighted by molar-refractivity contribution is 0.404. The van der Waals surface area contributed by atoms with Gasteiger partial charge in [-0.2, -0.15) is 5.26 Å². The number of para-hydroxylation sites is 1. The summed E-state index contributed by atoms with van der Waals surface area (Å²) < 4.78 is 0. The van der Waals surface area contributed by atoms with Gasteiger partial charge in [-0.05, 0) is 25.7 Å². The molecular weight excluding hydrogens is 198 g/mol. The Bertz CT molecular complexity index is 553. The van der Waals surface area contributed by atoms with E-state index in [0.717, 1.165) is 17.4 Å². The van der Waals surface area contributed by atoms with Crippen molar-refractivity contribution in [3.05, 3.63) is 41.6 Å². The van der Waals surface area contributed by atoms with Gasteiger partial charge in [-0.25, -0.2) is 0 Å². The Labute approximate surface area is 94.9 Å². The van der Waals surface area contributed by atoms with Crippen LogP contribution in [0.1, 0.15) is 11.1 Å². The van der Waals surface area contributed by atoms with Gasteiger partial charge in [0.25, 0.3) is 0 Å². The highest BCUT2D eigenvalue weighted by atomic mass is 15.0. The van der Waals surface area contributed by atoms with Crippen LogP contribution in [0.3, 0.4) is 0 Å². The third-order valence-electron chi connectivity index (χ3n) is 2.41. The van der Waals surface area contributed by atoms with Gasteiger partial charge in [0, 0.05) is 18.1 Å². The zero-order chi connectivity index (χ0) is 11.5. The zero-order valence-electron chi connectivity index (χ0n) is 9.44. The van der Waals surface area contributed by atoms with Crippen LogP contribution in [0.15, 0.2) is 30.5 Å². The van der Waals surface area contributed by atoms with Crippen LogP contribution in [0, 0.1) is 11.3 Å². The van der Waals surface area contributed by atoms with Crippen LogP contribution in [-0.4, -0.2) is 24.0 Å². The highest BCUT2D eigenvalue weighted by molar-refractivity contribution is 5.82. The lowest BCUT2D eigenvalue weighted by atomic mass is 10.1. The minimum Gasteiger partial charge on any atom is -0.305 e. The number of benzene rings is 1. The first-order chi connectivity index (χ1) is 7.70. The van der Waals surface area contributed by atoms with E-state index >= 15 is 0 Å². The molecule has 0 atom stereocenters. The van der Waals surface area contributed by atoms with Crippen molar-refractivity contribution < 1.29 is 0 Å². The summed E-state index contributed by atoms with van der Waals surface area (Å²) in [5.41, 5.74) is 2.77. The summed E-state index contributed by atoms with van der Waals surface area (Å²) in [5, 5.41) is 9.84. The summed E-state index contributed by atoms with van der Waals surface area (Å²) in [6.45, 7) is 0.857. The maximum atomic E-state index is 8.81. The van der Waals surface area contributed by atoms with Crippen LogP contribution in [0.25, 0.3) is 10.9 Å². The van der Waals surface area contributed by atoms with Gasteiger partial charge in [0.1, 0.15) is 6.07 Å². The molecule has 1 aromatic heterocycles. The van der Waals surface area contributed by atoms with Crippen molar-refractivity contribution in [1.82, 2.24) is 9.88 Å². The Balaban J connectivity index is 2.57. The lowest BCUT2D eigenvalue weighted by Gasteiger charge is -2.11. The summed E-state index contributed by atoms with van der Waals surface area (Å²) in [5.74, 6) is 0. The molecule has 0 N–H and O–H groups in total. The van der Waals surface area contributed by atoms with E-state index in [-0.39, 0.29) is 0 Å². The van der Waals surface area contributed by atoms with Gasteiger partial charge in [0.15, 0.2) is 0 Å². The Kier molecular flexibility index (Phi) is 2.84. The molecule has 80 valence electrons. The molecule has 0 fully saturated rings. The SMILES string of the molecule is CN(C)Cc1cccc2cc(C#N)cnc12. The molecule has 0 saturated heterocycles. The van der Waals surface area contributed by atoms with Gasteiger partial charge < -0.3 is 4.90 Å². The zero-order valence-corrected chi connectivity index (χ0v) is 9.44. The third kappa shape index (κ3) is 2.02. The van der Waals surface area contributed by atoms with Crippen molar-refractivity contribution in [2.75, 3.05) is 14.1 Å². The smallest absolute Gasteiger partial charge is 0.101 e. The summed E-state index contributed by atoms with van der Waals surface area (Å²) in [4.78, 5) is 6.46. The normalized spacial score (nSPS) is 10.6. The molecule has 3 nitrogen and oxygen atoms in total. The Morgan fingerprint density at radius 3 is 2.88 bits per heavy atom. The average molecular weight is 211 g/mol. The quantitative estimate of drug-likeness (QED) is 0.764. The van der Waals surface area contributed by atoms with Crippen LogP contribution in [0.2, 0.25) is 0 Å². The fraction of sp³-hybridized carbons (Fsp3) is 0.231. The van der Waals surface area contributed by atoms with Crippen LogP contribution < -0.4 is 0 Å². The highest BCUT2D eigenvalue weighted by Gasteiger charge is 2.04. The predicted octanol–water partition coefficient (Wildman–Crippen LogP) is 2.17. The summed E-state index contributed by atoms with van der Waals surface area (Å²) in [6, 6.07) is 10.0. The average Bonchev–Trinajstić information content (AvgIpc) is 2.28. The van der Waals surface area contributed by atoms with Crippen molar-refractivity contribution in [1.29, 1.82) is 5.26 Å². The van der Waals surface area contributed by atoms with E-state index in [1.807, 2.05) is 32.3 Å². The van der Waals surface area contributed by atoms with Gasteiger partial charge in [-0.15, -0.1) is 0 Å². The van der Waals surface area contributed by atoms with Gasteiger partial charge in [-0.1, -0.05) is 18.2 Å². The molecule has 3 heteroatoms. The van der Waals surface area contributed by atoms with Gasteiger partial charge in [-0.3, -0.25) is 4.98 Å². The molecule has 0 aliphatic carbocycles. The lowest BCUT2D eigenvalue weighted by Crippen LogP contribution is -2.11. The Morgan fingerprint density at radius 1 is 1.38 bits per heavy atom. The first kappa shape index (κ1) is 10.6. The molecule has 1 aromatic carbocycles. The van der Waals surface area contributed by atoms with Crippen molar-refractivity contribution in [3.63, 3.8) is 0 Å². The van der Waals surface area contributed by atoms with Crippen LogP contribution in [0.5, 0.6) is 0 Å². The first-order valence-corrected chi connectivity index (χ1v) is 5.13. The fourth-order valence-corrected chi connectivity index (χ4v) is 1.75.